The van der Waals surface area contributed by atoms with E-state index in [0.717, 1.165) is 0 Å². The molecule has 4 heteroatoms. The van der Waals surface area contributed by atoms with Crippen LogP contribution in [0.1, 0.15) is 18.0 Å². The first kappa shape index (κ1) is 10.6. The first-order valence-corrected chi connectivity index (χ1v) is 4.71. The van der Waals surface area contributed by atoms with Gasteiger partial charge in [-0.3, -0.25) is 4.39 Å². The molecule has 0 aromatic heterocycles. The zero-order valence-corrected chi connectivity index (χ0v) is 8.52. The van der Waals surface area contributed by atoms with Crippen LogP contribution < -0.4 is 5.73 Å². The summed E-state index contributed by atoms with van der Waals surface area (Å²) < 4.78 is 25.3. The average Bonchev–Trinajstić information content (AvgIpc) is 2.10. The molecular weight excluding hydrogens is 240 g/mol. The van der Waals surface area contributed by atoms with Crippen LogP contribution in [0.2, 0.25) is 0 Å². The van der Waals surface area contributed by atoms with E-state index < -0.39 is 12.7 Å². The van der Waals surface area contributed by atoms with Gasteiger partial charge in [-0.05, 0) is 34.0 Å². The molecule has 0 saturated carbocycles. The Labute approximate surface area is 84.1 Å². The van der Waals surface area contributed by atoms with E-state index in [4.69, 9.17) is 5.73 Å². The highest BCUT2D eigenvalue weighted by atomic mass is 79.9. The van der Waals surface area contributed by atoms with Gasteiger partial charge in [-0.2, -0.15) is 0 Å². The molecule has 0 radical (unpaired) electrons. The van der Waals surface area contributed by atoms with Crippen molar-refractivity contribution in [2.45, 2.75) is 12.5 Å². The molecule has 1 aromatic carbocycles. The van der Waals surface area contributed by atoms with Gasteiger partial charge in [0.1, 0.15) is 5.82 Å². The van der Waals surface area contributed by atoms with Gasteiger partial charge in [0.15, 0.2) is 0 Å². The van der Waals surface area contributed by atoms with E-state index in [-0.39, 0.29) is 12.2 Å². The van der Waals surface area contributed by atoms with E-state index in [1.165, 1.54) is 6.07 Å². The van der Waals surface area contributed by atoms with E-state index in [2.05, 4.69) is 15.9 Å². The second-order valence-corrected chi connectivity index (χ2v) is 3.52. The fraction of sp³-hybridized carbons (Fsp3) is 0.333. The van der Waals surface area contributed by atoms with Crippen molar-refractivity contribution in [3.05, 3.63) is 34.1 Å². The lowest BCUT2D eigenvalue weighted by atomic mass is 10.1. The van der Waals surface area contributed by atoms with Gasteiger partial charge < -0.3 is 5.73 Å². The molecule has 1 aromatic rings. The van der Waals surface area contributed by atoms with Gasteiger partial charge in [-0.1, -0.05) is 12.1 Å². The van der Waals surface area contributed by atoms with E-state index >= 15 is 0 Å². The Kier molecular flexibility index (Phi) is 3.81. The number of nitrogens with two attached hydrogens (primary N) is 1. The van der Waals surface area contributed by atoms with Gasteiger partial charge in [0.05, 0.1) is 11.1 Å². The quantitative estimate of drug-likeness (QED) is 0.876. The molecule has 72 valence electrons. The van der Waals surface area contributed by atoms with Gasteiger partial charge >= 0.3 is 0 Å². The van der Waals surface area contributed by atoms with Gasteiger partial charge in [-0.25, -0.2) is 4.39 Å². The molecular formula is C9H10BrF2N. The summed E-state index contributed by atoms with van der Waals surface area (Å²) in [6.07, 6.45) is 0.210. The molecule has 2 N–H and O–H groups in total. The summed E-state index contributed by atoms with van der Waals surface area (Å²) in [5.74, 6) is -0.369. The molecule has 0 bridgehead atoms. The molecule has 0 unspecified atom stereocenters. The van der Waals surface area contributed by atoms with Crippen molar-refractivity contribution in [3.8, 4) is 0 Å². The highest BCUT2D eigenvalue weighted by Gasteiger charge is 2.11. The van der Waals surface area contributed by atoms with Crippen molar-refractivity contribution < 1.29 is 8.78 Å². The fourth-order valence-electron chi connectivity index (χ4n) is 1.08. The molecule has 0 spiro atoms. The van der Waals surface area contributed by atoms with Crippen LogP contribution in [0, 0.1) is 5.82 Å². The maximum atomic E-state index is 13.0. The lowest BCUT2D eigenvalue weighted by molar-refractivity contribution is 0.440. The summed E-state index contributed by atoms with van der Waals surface area (Å²) in [5.41, 5.74) is 6.25. The Morgan fingerprint density at radius 3 is 2.77 bits per heavy atom. The molecule has 1 rings (SSSR count). The minimum atomic E-state index is -0.496. The van der Waals surface area contributed by atoms with Crippen molar-refractivity contribution in [1.29, 1.82) is 0 Å². The summed E-state index contributed by atoms with van der Waals surface area (Å²) in [6, 6.07) is 4.13. The van der Waals surface area contributed by atoms with Crippen LogP contribution in [0.4, 0.5) is 8.78 Å². The number of alkyl halides is 1. The second-order valence-electron chi connectivity index (χ2n) is 2.73. The molecule has 0 aliphatic carbocycles. The third kappa shape index (κ3) is 2.48. The monoisotopic (exact) mass is 249 g/mol. The third-order valence-electron chi connectivity index (χ3n) is 1.80. The summed E-state index contributed by atoms with van der Waals surface area (Å²) >= 11 is 3.07. The maximum Gasteiger partial charge on any atom is 0.137 e. The molecule has 0 saturated heterocycles. The van der Waals surface area contributed by atoms with Gasteiger partial charge in [0, 0.05) is 6.04 Å². The first-order valence-electron chi connectivity index (χ1n) is 3.92. The molecule has 0 aliphatic heterocycles. The maximum absolute atomic E-state index is 13.0. The third-order valence-corrected chi connectivity index (χ3v) is 2.64. The highest BCUT2D eigenvalue weighted by Crippen LogP contribution is 2.26. The standard InChI is InChI=1S/C9H10BrF2N/c10-9-6(8(13)4-5-11)2-1-3-7(9)12/h1-3,8H,4-5,13H2/t8-/m0/s1. The normalized spacial score (nSPS) is 12.9. The van der Waals surface area contributed by atoms with Crippen LogP contribution in [-0.4, -0.2) is 6.67 Å². The van der Waals surface area contributed by atoms with E-state index in [0.29, 0.717) is 10.0 Å². The number of hydrogen-bond acceptors (Lipinski definition) is 1. The Morgan fingerprint density at radius 1 is 1.46 bits per heavy atom. The van der Waals surface area contributed by atoms with Crippen molar-refractivity contribution in [3.63, 3.8) is 0 Å². The van der Waals surface area contributed by atoms with Crippen LogP contribution in [0.3, 0.4) is 0 Å². The average molecular weight is 250 g/mol. The van der Waals surface area contributed by atoms with Gasteiger partial charge in [0.25, 0.3) is 0 Å². The number of rotatable bonds is 3. The fourth-order valence-corrected chi connectivity index (χ4v) is 1.64. The lowest BCUT2D eigenvalue weighted by Crippen LogP contribution is -2.12. The Hall–Kier alpha value is -0.480. The number of benzene rings is 1. The summed E-state index contributed by atoms with van der Waals surface area (Å²) in [7, 11) is 0. The van der Waals surface area contributed by atoms with Crippen LogP contribution in [0.5, 0.6) is 0 Å². The summed E-state index contributed by atoms with van der Waals surface area (Å²) in [6.45, 7) is -0.496. The van der Waals surface area contributed by atoms with Crippen molar-refractivity contribution in [2.75, 3.05) is 6.67 Å². The van der Waals surface area contributed by atoms with E-state index in [1.807, 2.05) is 0 Å². The molecule has 13 heavy (non-hydrogen) atoms. The lowest BCUT2D eigenvalue weighted by Gasteiger charge is -2.11. The molecule has 0 fully saturated rings. The number of halogens is 3. The highest BCUT2D eigenvalue weighted by molar-refractivity contribution is 9.10. The zero-order chi connectivity index (χ0) is 9.84. The molecule has 1 atom stereocenters. The second kappa shape index (κ2) is 4.67. The largest absolute Gasteiger partial charge is 0.324 e. The van der Waals surface area contributed by atoms with Crippen LogP contribution in [0.15, 0.2) is 22.7 Å². The molecule has 0 amide bonds. The predicted molar refractivity (Wildman–Crippen MR) is 51.6 cm³/mol. The minimum absolute atomic E-state index is 0.210. The van der Waals surface area contributed by atoms with Crippen molar-refractivity contribution in [1.82, 2.24) is 0 Å². The Bertz CT molecular complexity index is 291. The molecule has 0 heterocycles. The topological polar surface area (TPSA) is 26.0 Å². The predicted octanol–water partition coefficient (Wildman–Crippen LogP) is 2.95. The minimum Gasteiger partial charge on any atom is -0.324 e. The van der Waals surface area contributed by atoms with E-state index in [1.54, 1.807) is 12.1 Å². The van der Waals surface area contributed by atoms with Crippen LogP contribution in [0.25, 0.3) is 0 Å². The van der Waals surface area contributed by atoms with Crippen molar-refractivity contribution in [2.24, 2.45) is 5.73 Å². The summed E-state index contributed by atoms with van der Waals surface area (Å²) in [4.78, 5) is 0. The van der Waals surface area contributed by atoms with Crippen LogP contribution in [-0.2, 0) is 0 Å². The SMILES string of the molecule is N[C@@H](CCF)c1cccc(F)c1Br. The molecule has 1 nitrogen and oxygen atoms in total. The van der Waals surface area contributed by atoms with Crippen LogP contribution >= 0.6 is 15.9 Å². The number of hydrogen-bond donors (Lipinski definition) is 1. The zero-order valence-electron chi connectivity index (χ0n) is 6.93. The Balaban J connectivity index is 2.93. The summed E-state index contributed by atoms with van der Waals surface area (Å²) in [5, 5.41) is 0. The molecule has 0 aliphatic rings. The van der Waals surface area contributed by atoms with E-state index in [9.17, 15) is 8.78 Å². The smallest absolute Gasteiger partial charge is 0.137 e. The van der Waals surface area contributed by atoms with Crippen molar-refractivity contribution >= 4 is 15.9 Å². The Morgan fingerprint density at radius 2 is 2.15 bits per heavy atom. The first-order chi connectivity index (χ1) is 6.16. The van der Waals surface area contributed by atoms with Gasteiger partial charge in [-0.15, -0.1) is 0 Å². The van der Waals surface area contributed by atoms with Gasteiger partial charge in [0.2, 0.25) is 0 Å².